The standard InChI is InChI=1S/C19H19N5O4/c20-18(21)12-5-7-14(8-6-12)23-10-13-3-1-2-4-15(13)24(22-11-25)16(19(23)28)9-17(26)27/h1-8,11,16H,9-10H2,(H3,20,21)(H,22,25)(H,26,27). The van der Waals surface area contributed by atoms with Crippen LogP contribution in [-0.2, 0) is 20.9 Å². The number of fused-ring (bicyclic) bond motifs is 1. The van der Waals surface area contributed by atoms with Crippen molar-refractivity contribution in [3.8, 4) is 0 Å². The van der Waals surface area contributed by atoms with Crippen LogP contribution in [0.1, 0.15) is 17.5 Å². The summed E-state index contributed by atoms with van der Waals surface area (Å²) in [6.45, 7) is 0.196. The van der Waals surface area contributed by atoms with E-state index in [4.69, 9.17) is 11.1 Å². The summed E-state index contributed by atoms with van der Waals surface area (Å²) in [5.41, 5.74) is 10.3. The van der Waals surface area contributed by atoms with Crippen molar-refractivity contribution in [2.45, 2.75) is 19.0 Å². The second kappa shape index (κ2) is 7.78. The number of aliphatic carboxylic acids is 1. The zero-order chi connectivity index (χ0) is 20.3. The highest BCUT2D eigenvalue weighted by molar-refractivity contribution is 6.03. The van der Waals surface area contributed by atoms with Crippen LogP contribution in [0, 0.1) is 5.41 Å². The number of nitrogen functional groups attached to an aromatic ring is 1. The quantitative estimate of drug-likeness (QED) is 0.332. The predicted octanol–water partition coefficient (Wildman–Crippen LogP) is 0.828. The number of nitrogens with one attached hydrogen (secondary N) is 2. The number of para-hydroxylation sites is 1. The van der Waals surface area contributed by atoms with Crippen molar-refractivity contribution in [2.24, 2.45) is 5.73 Å². The highest BCUT2D eigenvalue weighted by atomic mass is 16.4. The molecule has 0 saturated carbocycles. The molecule has 3 rings (SSSR count). The molecule has 0 fully saturated rings. The van der Waals surface area contributed by atoms with Crippen LogP contribution in [0.3, 0.4) is 0 Å². The monoisotopic (exact) mass is 381 g/mol. The smallest absolute Gasteiger partial charge is 0.306 e. The minimum Gasteiger partial charge on any atom is -0.481 e. The van der Waals surface area contributed by atoms with Gasteiger partial charge in [0.25, 0.3) is 5.91 Å². The topological polar surface area (TPSA) is 140 Å². The molecule has 0 aromatic heterocycles. The molecule has 2 amide bonds. The zero-order valence-electron chi connectivity index (χ0n) is 14.8. The van der Waals surface area contributed by atoms with Crippen LogP contribution < -0.4 is 21.1 Å². The summed E-state index contributed by atoms with van der Waals surface area (Å²) in [4.78, 5) is 37.2. The number of amides is 2. The predicted molar refractivity (Wildman–Crippen MR) is 103 cm³/mol. The van der Waals surface area contributed by atoms with Crippen molar-refractivity contribution < 1.29 is 19.5 Å². The van der Waals surface area contributed by atoms with Gasteiger partial charge < -0.3 is 15.7 Å². The van der Waals surface area contributed by atoms with Gasteiger partial charge in [-0.1, -0.05) is 18.2 Å². The molecule has 9 heteroatoms. The molecule has 1 unspecified atom stereocenters. The first-order chi connectivity index (χ1) is 13.4. The summed E-state index contributed by atoms with van der Waals surface area (Å²) in [5, 5.41) is 18.1. The van der Waals surface area contributed by atoms with Crippen molar-refractivity contribution in [2.75, 3.05) is 9.91 Å². The lowest BCUT2D eigenvalue weighted by molar-refractivity contribution is -0.139. The Kier molecular flexibility index (Phi) is 5.25. The van der Waals surface area contributed by atoms with Crippen molar-refractivity contribution in [3.63, 3.8) is 0 Å². The van der Waals surface area contributed by atoms with Gasteiger partial charge in [0.2, 0.25) is 6.41 Å². The molecule has 0 saturated heterocycles. The molecule has 28 heavy (non-hydrogen) atoms. The van der Waals surface area contributed by atoms with E-state index in [0.29, 0.717) is 23.3 Å². The van der Waals surface area contributed by atoms with Gasteiger partial charge in [0.05, 0.1) is 18.7 Å². The number of hydrogen-bond donors (Lipinski definition) is 4. The maximum absolute atomic E-state index is 13.3. The van der Waals surface area contributed by atoms with Gasteiger partial charge in [-0.05, 0) is 35.9 Å². The molecule has 1 aliphatic heterocycles. The first-order valence-corrected chi connectivity index (χ1v) is 8.47. The average molecular weight is 381 g/mol. The number of hydrazine groups is 1. The van der Waals surface area contributed by atoms with E-state index in [1.807, 2.05) is 6.07 Å². The fourth-order valence-corrected chi connectivity index (χ4v) is 3.19. The van der Waals surface area contributed by atoms with Gasteiger partial charge in [-0.25, -0.2) is 0 Å². The molecule has 0 radical (unpaired) electrons. The number of anilines is 2. The van der Waals surface area contributed by atoms with Gasteiger partial charge in [-0.15, -0.1) is 0 Å². The molecule has 2 aromatic carbocycles. The lowest BCUT2D eigenvalue weighted by Gasteiger charge is -2.30. The summed E-state index contributed by atoms with van der Waals surface area (Å²) in [6, 6.07) is 12.5. The summed E-state index contributed by atoms with van der Waals surface area (Å²) in [7, 11) is 0. The molecule has 0 bridgehead atoms. The van der Waals surface area contributed by atoms with Gasteiger partial charge in [0, 0.05) is 11.3 Å². The van der Waals surface area contributed by atoms with E-state index in [-0.39, 0.29) is 12.4 Å². The van der Waals surface area contributed by atoms with Gasteiger partial charge in [0.15, 0.2) is 0 Å². The van der Waals surface area contributed by atoms with Crippen LogP contribution in [0.2, 0.25) is 0 Å². The molecule has 1 heterocycles. The number of carboxylic acids is 1. The number of carbonyl (C=O) groups excluding carboxylic acids is 2. The van der Waals surface area contributed by atoms with Crippen molar-refractivity contribution >= 4 is 35.5 Å². The van der Waals surface area contributed by atoms with Crippen LogP contribution in [0.15, 0.2) is 48.5 Å². The summed E-state index contributed by atoms with van der Waals surface area (Å²) >= 11 is 0. The Labute approximate surface area is 160 Å². The van der Waals surface area contributed by atoms with Crippen molar-refractivity contribution in [1.82, 2.24) is 5.43 Å². The van der Waals surface area contributed by atoms with Crippen LogP contribution in [0.4, 0.5) is 11.4 Å². The van der Waals surface area contributed by atoms with Gasteiger partial charge in [0.1, 0.15) is 11.9 Å². The highest BCUT2D eigenvalue weighted by Crippen LogP contribution is 2.31. The van der Waals surface area contributed by atoms with Crippen LogP contribution in [-0.4, -0.2) is 35.3 Å². The van der Waals surface area contributed by atoms with E-state index >= 15 is 0 Å². The van der Waals surface area contributed by atoms with E-state index in [2.05, 4.69) is 5.43 Å². The number of nitrogens with two attached hydrogens (primary N) is 1. The molecule has 2 aromatic rings. The Morgan fingerprint density at radius 2 is 1.93 bits per heavy atom. The number of hydrogen-bond acceptors (Lipinski definition) is 5. The lowest BCUT2D eigenvalue weighted by Crippen LogP contribution is -2.53. The average Bonchev–Trinajstić information content (AvgIpc) is 2.78. The number of amidine groups is 1. The van der Waals surface area contributed by atoms with Crippen molar-refractivity contribution in [3.05, 3.63) is 59.7 Å². The third-order valence-corrected chi connectivity index (χ3v) is 4.49. The molecule has 5 N–H and O–H groups in total. The Balaban J connectivity index is 2.09. The number of rotatable bonds is 6. The lowest BCUT2D eigenvalue weighted by atomic mass is 10.1. The van der Waals surface area contributed by atoms with Crippen LogP contribution >= 0.6 is 0 Å². The maximum atomic E-state index is 13.3. The Hall–Kier alpha value is -3.88. The molecular weight excluding hydrogens is 362 g/mol. The summed E-state index contributed by atoms with van der Waals surface area (Å²) < 4.78 is 0. The third kappa shape index (κ3) is 3.63. The molecule has 1 aliphatic rings. The maximum Gasteiger partial charge on any atom is 0.306 e. The second-order valence-corrected chi connectivity index (χ2v) is 6.24. The van der Waals surface area contributed by atoms with E-state index in [0.717, 1.165) is 5.56 Å². The molecule has 1 atom stereocenters. The van der Waals surface area contributed by atoms with Gasteiger partial charge in [-0.2, -0.15) is 0 Å². The first kappa shape index (κ1) is 18.9. The van der Waals surface area contributed by atoms with Gasteiger partial charge in [-0.3, -0.25) is 30.2 Å². The van der Waals surface area contributed by atoms with Crippen LogP contribution in [0.5, 0.6) is 0 Å². The van der Waals surface area contributed by atoms with Gasteiger partial charge >= 0.3 is 5.97 Å². The number of benzene rings is 2. The molecule has 9 nitrogen and oxygen atoms in total. The largest absolute Gasteiger partial charge is 0.481 e. The minimum absolute atomic E-state index is 0.0933. The number of carbonyl (C=O) groups is 3. The minimum atomic E-state index is -1.16. The fraction of sp³-hybridized carbons (Fsp3) is 0.158. The summed E-state index contributed by atoms with van der Waals surface area (Å²) in [6.07, 6.45) is -0.0771. The SMILES string of the molecule is N=C(N)c1ccc(N2Cc3ccccc3N(NC=O)C(CC(=O)O)C2=O)cc1. The Bertz CT molecular complexity index is 928. The molecule has 0 aliphatic carbocycles. The second-order valence-electron chi connectivity index (χ2n) is 6.24. The number of nitrogens with zero attached hydrogens (tertiary/aromatic N) is 2. The molecule has 144 valence electrons. The van der Waals surface area contributed by atoms with E-state index in [9.17, 15) is 19.5 Å². The number of carboxylic acid groups (broad SMARTS) is 1. The zero-order valence-corrected chi connectivity index (χ0v) is 14.8. The van der Waals surface area contributed by atoms with Crippen LogP contribution in [0.25, 0.3) is 0 Å². The Morgan fingerprint density at radius 3 is 2.54 bits per heavy atom. The normalized spacial score (nSPS) is 16.1. The van der Waals surface area contributed by atoms with E-state index < -0.39 is 24.3 Å². The van der Waals surface area contributed by atoms with Crippen molar-refractivity contribution in [1.29, 1.82) is 5.41 Å². The molecule has 0 spiro atoms. The first-order valence-electron chi connectivity index (χ1n) is 8.47. The fourth-order valence-electron chi connectivity index (χ4n) is 3.19. The Morgan fingerprint density at radius 1 is 1.25 bits per heavy atom. The van der Waals surface area contributed by atoms with E-state index in [1.54, 1.807) is 42.5 Å². The highest BCUT2D eigenvalue weighted by Gasteiger charge is 2.37. The third-order valence-electron chi connectivity index (χ3n) is 4.49. The van der Waals surface area contributed by atoms with E-state index in [1.165, 1.54) is 9.91 Å². The molecular formula is C19H19N5O4. The summed E-state index contributed by atoms with van der Waals surface area (Å²) in [5.74, 6) is -1.73.